The number of hydrogen-bond donors (Lipinski definition) is 0. The lowest BCUT2D eigenvalue weighted by Gasteiger charge is -2.34. The maximum Gasteiger partial charge on any atom is 0.291 e. The van der Waals surface area contributed by atoms with Gasteiger partial charge in [-0.05, 0) is 36.8 Å². The molecule has 0 radical (unpaired) electrons. The summed E-state index contributed by atoms with van der Waals surface area (Å²) in [6.07, 6.45) is 0. The predicted molar refractivity (Wildman–Crippen MR) is 135 cm³/mol. The Bertz CT molecular complexity index is 1660. The van der Waals surface area contributed by atoms with Crippen molar-refractivity contribution in [1.29, 1.82) is 0 Å². The molecule has 0 fully saturated rings. The lowest BCUT2D eigenvalue weighted by atomic mass is 9.84. The Morgan fingerprint density at radius 3 is 2.59 bits per heavy atom. The second kappa shape index (κ2) is 8.38. The van der Waals surface area contributed by atoms with Gasteiger partial charge in [-0.15, -0.1) is 0 Å². The summed E-state index contributed by atoms with van der Waals surface area (Å²) < 4.78 is 25.3. The van der Waals surface area contributed by atoms with Crippen molar-refractivity contribution < 1.29 is 23.1 Å². The normalized spacial score (nSPS) is 18.2. The van der Waals surface area contributed by atoms with Crippen LogP contribution in [0.25, 0.3) is 11.0 Å². The zero-order valence-corrected chi connectivity index (χ0v) is 20.3. The first-order valence-electron chi connectivity index (χ1n) is 11.9. The quantitative estimate of drug-likeness (QED) is 0.413. The Morgan fingerprint density at radius 2 is 1.81 bits per heavy atom. The fourth-order valence-corrected chi connectivity index (χ4v) is 5.60. The van der Waals surface area contributed by atoms with Gasteiger partial charge >= 0.3 is 0 Å². The second-order valence-electron chi connectivity index (χ2n) is 9.33. The van der Waals surface area contributed by atoms with Crippen molar-refractivity contribution in [3.63, 3.8) is 0 Å². The van der Waals surface area contributed by atoms with Gasteiger partial charge in [0.2, 0.25) is 5.76 Å². The molecule has 0 aliphatic carbocycles. The highest BCUT2D eigenvalue weighted by molar-refractivity contribution is 6.17. The molecule has 2 aliphatic heterocycles. The van der Waals surface area contributed by atoms with E-state index in [0.717, 1.165) is 23.3 Å². The van der Waals surface area contributed by atoms with E-state index in [1.165, 1.54) is 18.1 Å². The molecule has 37 heavy (non-hydrogen) atoms. The second-order valence-corrected chi connectivity index (χ2v) is 9.33. The summed E-state index contributed by atoms with van der Waals surface area (Å²) >= 11 is 0. The van der Waals surface area contributed by atoms with E-state index in [2.05, 4.69) is 0 Å². The minimum absolute atomic E-state index is 0.0260. The lowest BCUT2D eigenvalue weighted by Crippen LogP contribution is -2.54. The lowest BCUT2D eigenvalue weighted by molar-refractivity contribution is -0.126. The molecule has 8 heteroatoms. The minimum atomic E-state index is -1.76. The van der Waals surface area contributed by atoms with Crippen LogP contribution in [0.2, 0.25) is 0 Å². The van der Waals surface area contributed by atoms with Crippen LogP contribution in [0.4, 0.5) is 10.1 Å². The van der Waals surface area contributed by atoms with Gasteiger partial charge < -0.3 is 19.0 Å². The molecule has 2 aliphatic rings. The van der Waals surface area contributed by atoms with Crippen molar-refractivity contribution in [2.45, 2.75) is 19.0 Å². The van der Waals surface area contributed by atoms with Crippen molar-refractivity contribution >= 4 is 28.5 Å². The number of fused-ring (bicyclic) bond motifs is 5. The molecule has 0 saturated heterocycles. The maximum absolute atomic E-state index is 14.5. The molecule has 6 rings (SSSR count). The zero-order chi connectivity index (χ0) is 25.9. The van der Waals surface area contributed by atoms with E-state index in [1.807, 2.05) is 37.3 Å². The van der Waals surface area contributed by atoms with Gasteiger partial charge in [-0.2, -0.15) is 0 Å². The number of methoxy groups -OCH3 is 1. The fourth-order valence-electron chi connectivity index (χ4n) is 5.60. The molecule has 3 heterocycles. The van der Waals surface area contributed by atoms with Gasteiger partial charge in [0, 0.05) is 19.2 Å². The highest BCUT2D eigenvalue weighted by Gasteiger charge is 2.64. The van der Waals surface area contributed by atoms with E-state index in [0.29, 0.717) is 11.3 Å². The number of anilines is 1. The first-order chi connectivity index (χ1) is 17.9. The van der Waals surface area contributed by atoms with Crippen molar-refractivity contribution in [3.05, 3.63) is 111 Å². The largest absolute Gasteiger partial charge is 0.450 e. The summed E-state index contributed by atoms with van der Waals surface area (Å²) in [5.74, 6) is -1.85. The van der Waals surface area contributed by atoms with Gasteiger partial charge in [0.15, 0.2) is 11.0 Å². The molecule has 1 unspecified atom stereocenters. The SMILES string of the molecule is COCCN1C(=O)c2oc3ccc(F)cc3c(=O)c2C12C(=O)N(Cc1cccc(C)c1)c1ccccc12. The number of para-hydroxylation sites is 1. The third-order valence-electron chi connectivity index (χ3n) is 7.14. The number of benzene rings is 3. The monoisotopic (exact) mass is 498 g/mol. The molecule has 0 N–H and O–H groups in total. The van der Waals surface area contributed by atoms with Crippen LogP contribution in [0, 0.1) is 12.7 Å². The average molecular weight is 499 g/mol. The van der Waals surface area contributed by atoms with Crippen molar-refractivity contribution in [2.75, 3.05) is 25.2 Å². The van der Waals surface area contributed by atoms with Gasteiger partial charge in [-0.25, -0.2) is 4.39 Å². The van der Waals surface area contributed by atoms with Crippen LogP contribution in [-0.2, 0) is 21.6 Å². The summed E-state index contributed by atoms with van der Waals surface area (Å²) in [5.41, 5.74) is 0.671. The number of hydrogen-bond acceptors (Lipinski definition) is 5. The van der Waals surface area contributed by atoms with Crippen LogP contribution >= 0.6 is 0 Å². The van der Waals surface area contributed by atoms with E-state index in [1.54, 1.807) is 23.1 Å². The molecule has 186 valence electrons. The first kappa shape index (κ1) is 23.1. The first-order valence-corrected chi connectivity index (χ1v) is 11.9. The summed E-state index contributed by atoms with van der Waals surface area (Å²) in [5, 5.41) is -0.0260. The van der Waals surface area contributed by atoms with Gasteiger partial charge in [-0.3, -0.25) is 14.4 Å². The van der Waals surface area contributed by atoms with E-state index in [4.69, 9.17) is 9.15 Å². The van der Waals surface area contributed by atoms with Gasteiger partial charge in [-0.1, -0.05) is 48.0 Å². The molecule has 2 amide bonds. The van der Waals surface area contributed by atoms with Crippen LogP contribution in [0.3, 0.4) is 0 Å². The number of ether oxygens (including phenoxy) is 1. The number of nitrogens with zero attached hydrogens (tertiary/aromatic N) is 2. The summed E-state index contributed by atoms with van der Waals surface area (Å²) in [4.78, 5) is 45.2. The van der Waals surface area contributed by atoms with Crippen molar-refractivity contribution in [3.8, 4) is 0 Å². The van der Waals surface area contributed by atoms with Gasteiger partial charge in [0.1, 0.15) is 11.4 Å². The zero-order valence-electron chi connectivity index (χ0n) is 20.3. The molecule has 1 atom stereocenters. The summed E-state index contributed by atoms with van der Waals surface area (Å²) in [6, 6.07) is 18.5. The third-order valence-corrected chi connectivity index (χ3v) is 7.14. The van der Waals surface area contributed by atoms with Gasteiger partial charge in [0.05, 0.1) is 29.8 Å². The van der Waals surface area contributed by atoms with Gasteiger partial charge in [0.25, 0.3) is 11.8 Å². The van der Waals surface area contributed by atoms with Crippen molar-refractivity contribution in [1.82, 2.24) is 4.90 Å². The maximum atomic E-state index is 14.5. The Labute approximate surface area is 211 Å². The predicted octanol–water partition coefficient (Wildman–Crippen LogP) is 4.13. The number of carbonyl (C=O) groups excluding carboxylic acids is 2. The van der Waals surface area contributed by atoms with Crippen LogP contribution in [-0.4, -0.2) is 37.0 Å². The Balaban J connectivity index is 1.65. The smallest absolute Gasteiger partial charge is 0.291 e. The van der Waals surface area contributed by atoms with Crippen LogP contribution in [0.1, 0.15) is 32.8 Å². The Kier molecular flexibility index (Phi) is 5.24. The van der Waals surface area contributed by atoms with E-state index in [9.17, 15) is 18.8 Å². The molecule has 0 bridgehead atoms. The molecule has 0 saturated carbocycles. The Morgan fingerprint density at radius 1 is 1.00 bits per heavy atom. The topological polar surface area (TPSA) is 80.1 Å². The van der Waals surface area contributed by atoms with E-state index in [-0.39, 0.29) is 42.0 Å². The Hall–Kier alpha value is -4.30. The highest BCUT2D eigenvalue weighted by Crippen LogP contribution is 2.52. The van der Waals surface area contributed by atoms with E-state index >= 15 is 0 Å². The standard InChI is InChI=1S/C29H23FN2O5/c1-17-6-5-7-18(14-17)16-31-22-9-4-3-8-21(22)29(28(31)35)24-25(33)20-15-19(30)10-11-23(20)37-26(24)27(34)32(29)12-13-36-2/h3-11,14-15H,12-13,16H2,1-2H3. The van der Waals surface area contributed by atoms with Crippen LogP contribution in [0.15, 0.2) is 75.9 Å². The van der Waals surface area contributed by atoms with Crippen molar-refractivity contribution in [2.24, 2.45) is 0 Å². The minimum Gasteiger partial charge on any atom is -0.450 e. The number of carbonyl (C=O) groups is 2. The van der Waals surface area contributed by atoms with Crippen LogP contribution < -0.4 is 10.3 Å². The molecular formula is C29H23FN2O5. The van der Waals surface area contributed by atoms with Crippen LogP contribution in [0.5, 0.6) is 0 Å². The molecule has 7 nitrogen and oxygen atoms in total. The molecule has 1 spiro atoms. The fraction of sp³-hybridized carbons (Fsp3) is 0.207. The molecule has 3 aromatic carbocycles. The summed E-state index contributed by atoms with van der Waals surface area (Å²) in [7, 11) is 1.50. The third kappa shape index (κ3) is 3.18. The molecule has 1 aromatic heterocycles. The number of rotatable bonds is 5. The molecule has 4 aromatic rings. The molecular weight excluding hydrogens is 475 g/mol. The highest BCUT2D eigenvalue weighted by atomic mass is 19.1. The van der Waals surface area contributed by atoms with E-state index < -0.39 is 28.6 Å². The number of amides is 2. The summed E-state index contributed by atoms with van der Waals surface area (Å²) in [6.45, 7) is 2.40. The number of aryl methyl sites for hydroxylation is 1. The number of halogens is 1. The average Bonchev–Trinajstić information content (AvgIpc) is 3.28.